The average molecular weight is 561 g/mol. The Labute approximate surface area is 185 Å². The number of rotatable bonds is 4. The van der Waals surface area contributed by atoms with Crippen LogP contribution in [0, 0.1) is 6.07 Å². The molecule has 0 radical (unpaired) electrons. The molecule has 0 saturated carbocycles. The van der Waals surface area contributed by atoms with Gasteiger partial charge in [-0.15, -0.1) is 29.8 Å². The molecule has 0 bridgehead atoms. The zero-order valence-corrected chi connectivity index (χ0v) is 18.5. The van der Waals surface area contributed by atoms with Gasteiger partial charge in [0.25, 0.3) is 0 Å². The first-order valence-corrected chi connectivity index (χ1v) is 9.18. The van der Waals surface area contributed by atoms with Gasteiger partial charge in [-0.05, 0) is 24.3 Å². The quantitative estimate of drug-likeness (QED) is 0.328. The largest absolute Gasteiger partial charge is 2.00 e. The molecular formula is C25H21N2OPt+. The minimum atomic E-state index is 0. The van der Waals surface area contributed by atoms with Crippen molar-refractivity contribution in [3.8, 4) is 39.4 Å². The molecule has 0 aliphatic carbocycles. The van der Waals surface area contributed by atoms with Crippen LogP contribution in [0.1, 0.15) is 0 Å². The Morgan fingerprint density at radius 3 is 2.07 bits per heavy atom. The maximum atomic E-state index is 10.1. The number of pyridine rings is 1. The van der Waals surface area contributed by atoms with E-state index in [0.29, 0.717) is 0 Å². The monoisotopic (exact) mass is 560 g/mol. The Balaban J connectivity index is 0.00000240. The van der Waals surface area contributed by atoms with Crippen LogP contribution in [0.25, 0.3) is 33.6 Å². The summed E-state index contributed by atoms with van der Waals surface area (Å²) in [6, 6.07) is 31.0. The molecule has 0 fully saturated rings. The maximum absolute atomic E-state index is 10.1. The SMILES string of the molecule is CN(C)c1ccccc1-c1[c-]c(-c2cccc(-c3ccccc3O)n2)ccc1.[Pt+2]. The van der Waals surface area contributed by atoms with Crippen molar-refractivity contribution in [3.05, 3.63) is 91.0 Å². The first-order chi connectivity index (χ1) is 13.6. The summed E-state index contributed by atoms with van der Waals surface area (Å²) in [5.74, 6) is 0.227. The van der Waals surface area contributed by atoms with E-state index in [1.807, 2.05) is 74.8 Å². The molecule has 1 heterocycles. The molecule has 3 nitrogen and oxygen atoms in total. The van der Waals surface area contributed by atoms with E-state index in [1.54, 1.807) is 6.07 Å². The molecule has 29 heavy (non-hydrogen) atoms. The van der Waals surface area contributed by atoms with E-state index in [0.717, 1.165) is 39.3 Å². The van der Waals surface area contributed by atoms with Crippen molar-refractivity contribution in [1.82, 2.24) is 4.98 Å². The zero-order chi connectivity index (χ0) is 19.5. The molecule has 0 atom stereocenters. The molecule has 3 aromatic carbocycles. The molecular weight excluding hydrogens is 539 g/mol. The molecule has 1 N–H and O–H groups in total. The van der Waals surface area contributed by atoms with Gasteiger partial charge >= 0.3 is 21.1 Å². The molecule has 0 unspecified atom stereocenters. The predicted molar refractivity (Wildman–Crippen MR) is 115 cm³/mol. The van der Waals surface area contributed by atoms with Gasteiger partial charge in [0.15, 0.2) is 0 Å². The van der Waals surface area contributed by atoms with Crippen LogP contribution in [0.2, 0.25) is 0 Å². The number of phenols is 1. The molecule has 4 aromatic rings. The van der Waals surface area contributed by atoms with E-state index >= 15 is 0 Å². The van der Waals surface area contributed by atoms with Gasteiger partial charge in [-0.3, -0.25) is 4.98 Å². The van der Waals surface area contributed by atoms with Gasteiger partial charge in [-0.2, -0.15) is 0 Å². The van der Waals surface area contributed by atoms with Crippen LogP contribution in [0.3, 0.4) is 0 Å². The van der Waals surface area contributed by atoms with E-state index in [1.165, 1.54) is 0 Å². The molecule has 4 heteroatoms. The summed E-state index contributed by atoms with van der Waals surface area (Å²) in [5, 5.41) is 10.1. The maximum Gasteiger partial charge on any atom is 2.00 e. The number of hydrogen-bond acceptors (Lipinski definition) is 3. The van der Waals surface area contributed by atoms with Crippen LogP contribution in [0.15, 0.2) is 84.9 Å². The number of benzene rings is 3. The molecule has 1 aromatic heterocycles. The van der Waals surface area contributed by atoms with E-state index in [4.69, 9.17) is 4.98 Å². The minimum Gasteiger partial charge on any atom is -0.507 e. The number of phenolic OH excluding ortho intramolecular Hbond substituents is 1. The van der Waals surface area contributed by atoms with Crippen molar-refractivity contribution in [2.24, 2.45) is 0 Å². The van der Waals surface area contributed by atoms with E-state index in [-0.39, 0.29) is 26.8 Å². The van der Waals surface area contributed by atoms with Crippen molar-refractivity contribution in [2.45, 2.75) is 0 Å². The fourth-order valence-electron chi connectivity index (χ4n) is 3.29. The Morgan fingerprint density at radius 1 is 0.690 bits per heavy atom. The summed E-state index contributed by atoms with van der Waals surface area (Å²) in [6.45, 7) is 0. The Morgan fingerprint density at radius 2 is 1.31 bits per heavy atom. The van der Waals surface area contributed by atoms with Crippen molar-refractivity contribution < 1.29 is 26.2 Å². The fourth-order valence-corrected chi connectivity index (χ4v) is 3.29. The first kappa shape index (κ1) is 20.8. The van der Waals surface area contributed by atoms with Gasteiger partial charge in [0.1, 0.15) is 5.75 Å². The summed E-state index contributed by atoms with van der Waals surface area (Å²) in [7, 11) is 4.08. The van der Waals surface area contributed by atoms with E-state index < -0.39 is 0 Å². The van der Waals surface area contributed by atoms with E-state index in [9.17, 15) is 5.11 Å². The fraction of sp³-hybridized carbons (Fsp3) is 0.0800. The van der Waals surface area contributed by atoms with Gasteiger partial charge in [0.05, 0.1) is 5.69 Å². The Bertz CT molecular complexity index is 1120. The minimum absolute atomic E-state index is 0. The summed E-state index contributed by atoms with van der Waals surface area (Å²) in [5.41, 5.74) is 6.50. The van der Waals surface area contributed by atoms with Crippen LogP contribution in [-0.2, 0) is 21.1 Å². The van der Waals surface area contributed by atoms with Crippen LogP contribution in [0.4, 0.5) is 5.69 Å². The molecule has 0 aliphatic heterocycles. The van der Waals surface area contributed by atoms with Crippen molar-refractivity contribution in [3.63, 3.8) is 0 Å². The Hall–Kier alpha value is -2.90. The summed E-state index contributed by atoms with van der Waals surface area (Å²) in [4.78, 5) is 6.87. The summed E-state index contributed by atoms with van der Waals surface area (Å²) in [6.07, 6.45) is 0. The van der Waals surface area contributed by atoms with E-state index in [2.05, 4.69) is 29.2 Å². The van der Waals surface area contributed by atoms with Gasteiger partial charge in [-0.1, -0.05) is 53.6 Å². The molecule has 0 amide bonds. The third-order valence-electron chi connectivity index (χ3n) is 4.68. The standard InChI is InChI=1S/C25H21N2O.Pt/c1-27(2)24-15-5-3-11-20(24)18-9-7-10-19(17-18)22-13-8-14-23(26-22)21-12-4-6-16-25(21)28;/h3-16,28H,1-2H3;/q-1;+2. The Kier molecular flexibility index (Phi) is 6.51. The van der Waals surface area contributed by atoms with Gasteiger partial charge < -0.3 is 10.0 Å². The zero-order valence-electron chi connectivity index (χ0n) is 16.2. The summed E-state index contributed by atoms with van der Waals surface area (Å²) < 4.78 is 0. The van der Waals surface area contributed by atoms with Crippen molar-refractivity contribution in [1.29, 1.82) is 0 Å². The second kappa shape index (κ2) is 9.06. The van der Waals surface area contributed by atoms with Gasteiger partial charge in [0, 0.05) is 31.0 Å². The van der Waals surface area contributed by atoms with Gasteiger partial charge in [-0.25, -0.2) is 0 Å². The van der Waals surface area contributed by atoms with Crippen LogP contribution >= 0.6 is 0 Å². The normalized spacial score (nSPS) is 10.3. The number of nitrogens with zero attached hydrogens (tertiary/aromatic N) is 2. The van der Waals surface area contributed by atoms with Crippen LogP contribution in [0.5, 0.6) is 5.75 Å². The predicted octanol–water partition coefficient (Wildman–Crippen LogP) is 5.65. The third kappa shape index (κ3) is 4.41. The van der Waals surface area contributed by atoms with Gasteiger partial charge in [0.2, 0.25) is 0 Å². The molecule has 4 rings (SSSR count). The average Bonchev–Trinajstić information content (AvgIpc) is 2.74. The number of hydrogen-bond donors (Lipinski definition) is 1. The van der Waals surface area contributed by atoms with Crippen molar-refractivity contribution >= 4 is 5.69 Å². The van der Waals surface area contributed by atoms with Crippen LogP contribution < -0.4 is 4.90 Å². The van der Waals surface area contributed by atoms with Crippen molar-refractivity contribution in [2.75, 3.05) is 19.0 Å². The van der Waals surface area contributed by atoms with Crippen LogP contribution in [-0.4, -0.2) is 24.2 Å². The second-order valence-electron chi connectivity index (χ2n) is 6.81. The molecule has 0 spiro atoms. The smallest absolute Gasteiger partial charge is 0.507 e. The molecule has 0 saturated heterocycles. The second-order valence-corrected chi connectivity index (χ2v) is 6.81. The topological polar surface area (TPSA) is 36.4 Å². The molecule has 0 aliphatic rings. The molecule has 146 valence electrons. The summed E-state index contributed by atoms with van der Waals surface area (Å²) >= 11 is 0. The first-order valence-electron chi connectivity index (χ1n) is 9.18. The number of aromatic nitrogens is 1. The number of aromatic hydroxyl groups is 1. The third-order valence-corrected chi connectivity index (χ3v) is 4.68. The number of para-hydroxylation sites is 2. The number of anilines is 1.